The quantitative estimate of drug-likeness (QED) is 0.273. The maximum Gasteiger partial charge on any atom is 0.0485 e. The second-order valence-corrected chi connectivity index (χ2v) is 6.91. The molecule has 24 heavy (non-hydrogen) atoms. The molecule has 2 heteroatoms. The van der Waals surface area contributed by atoms with Gasteiger partial charge in [-0.1, -0.05) is 77.8 Å². The van der Waals surface area contributed by atoms with Gasteiger partial charge in [0, 0.05) is 15.4 Å². The monoisotopic (exact) mass is 346 g/mol. The predicted octanol–water partition coefficient (Wildman–Crippen LogP) is 7.46. The molecule has 0 fully saturated rings. The molecule has 0 saturated carbocycles. The second-order valence-electron chi connectivity index (χ2n) is 6.06. The molecule has 0 aromatic heterocycles. The van der Waals surface area contributed by atoms with Crippen molar-refractivity contribution in [2.24, 2.45) is 0 Å². The first-order chi connectivity index (χ1) is 11.7. The van der Waals surface area contributed by atoms with Crippen LogP contribution < -0.4 is 0 Å². The molecule has 4 aromatic carbocycles. The molecule has 114 valence electrons. The zero-order chi connectivity index (χ0) is 16.3. The summed E-state index contributed by atoms with van der Waals surface area (Å²) in [5, 5.41) is 3.61. The molecule has 0 nitrogen and oxygen atoms in total. The summed E-state index contributed by atoms with van der Waals surface area (Å²) < 4.78 is 0. The van der Waals surface area contributed by atoms with Crippen LogP contribution in [0.1, 0.15) is 0 Å². The smallest absolute Gasteiger partial charge is 0.0485 e. The van der Waals surface area contributed by atoms with E-state index in [1.165, 1.54) is 33.2 Å². The van der Waals surface area contributed by atoms with Crippen LogP contribution in [0, 0.1) is 0 Å². The average Bonchev–Trinajstić information content (AvgIpc) is 2.73. The summed E-state index contributed by atoms with van der Waals surface area (Å²) in [6, 6.07) is 25.1. The lowest BCUT2D eigenvalue weighted by Crippen LogP contribution is -1.85. The zero-order valence-corrected chi connectivity index (χ0v) is 14.2. The van der Waals surface area contributed by atoms with Gasteiger partial charge in [0.1, 0.15) is 0 Å². The molecule has 0 aliphatic heterocycles. The van der Waals surface area contributed by atoms with Crippen LogP contribution in [-0.4, -0.2) is 0 Å². The number of rotatable bonds is 0. The number of halogens is 2. The average molecular weight is 347 g/mol. The van der Waals surface area contributed by atoms with Gasteiger partial charge in [-0.3, -0.25) is 0 Å². The van der Waals surface area contributed by atoms with Crippen molar-refractivity contribution in [1.29, 1.82) is 0 Å². The van der Waals surface area contributed by atoms with Crippen molar-refractivity contribution in [3.8, 4) is 33.4 Å². The molecule has 0 heterocycles. The van der Waals surface area contributed by atoms with Gasteiger partial charge in [-0.05, 0) is 57.0 Å². The first-order valence-corrected chi connectivity index (χ1v) is 8.60. The van der Waals surface area contributed by atoms with Crippen molar-refractivity contribution in [2.75, 3.05) is 0 Å². The molecular weight excluding hydrogens is 335 g/mol. The summed E-state index contributed by atoms with van der Waals surface area (Å²) >= 11 is 12.9. The van der Waals surface area contributed by atoms with Gasteiger partial charge in [0.25, 0.3) is 0 Å². The van der Waals surface area contributed by atoms with Crippen molar-refractivity contribution in [2.45, 2.75) is 0 Å². The Balaban J connectivity index is 2.11. The Hall–Kier alpha value is -2.28. The molecule has 0 spiro atoms. The SMILES string of the molecule is Clc1cc2c3c(ccc(Cl)c3c1)-c1ccccc1-c1ccccc1-2. The maximum absolute atomic E-state index is 6.50. The van der Waals surface area contributed by atoms with E-state index in [1.807, 2.05) is 12.1 Å². The molecule has 1 aliphatic rings. The maximum atomic E-state index is 6.50. The van der Waals surface area contributed by atoms with Crippen LogP contribution in [-0.2, 0) is 0 Å². The molecule has 0 bridgehead atoms. The number of hydrogen-bond donors (Lipinski definition) is 0. The second kappa shape index (κ2) is 5.11. The highest BCUT2D eigenvalue weighted by molar-refractivity contribution is 6.38. The van der Waals surface area contributed by atoms with Gasteiger partial charge in [0.05, 0.1) is 0 Å². The fourth-order valence-electron chi connectivity index (χ4n) is 3.76. The number of hydrogen-bond acceptors (Lipinski definition) is 0. The van der Waals surface area contributed by atoms with E-state index in [0.29, 0.717) is 5.02 Å². The summed E-state index contributed by atoms with van der Waals surface area (Å²) in [6.45, 7) is 0. The van der Waals surface area contributed by atoms with Gasteiger partial charge in [-0.15, -0.1) is 0 Å². The molecule has 5 rings (SSSR count). The lowest BCUT2D eigenvalue weighted by molar-refractivity contribution is 1.62. The van der Waals surface area contributed by atoms with Gasteiger partial charge < -0.3 is 0 Å². The minimum Gasteiger partial charge on any atom is -0.0843 e. The number of fused-ring (bicyclic) bond motifs is 5. The van der Waals surface area contributed by atoms with Crippen LogP contribution in [0.2, 0.25) is 10.0 Å². The summed E-state index contributed by atoms with van der Waals surface area (Å²) in [5.41, 5.74) is 7.23. The van der Waals surface area contributed by atoms with E-state index in [-0.39, 0.29) is 0 Å². The summed E-state index contributed by atoms with van der Waals surface area (Å²) in [7, 11) is 0. The van der Waals surface area contributed by atoms with E-state index in [2.05, 4.69) is 60.7 Å². The first kappa shape index (κ1) is 14.1. The Labute approximate surface area is 150 Å². The van der Waals surface area contributed by atoms with Crippen LogP contribution in [0.15, 0.2) is 72.8 Å². The largest absolute Gasteiger partial charge is 0.0843 e. The van der Waals surface area contributed by atoms with Gasteiger partial charge >= 0.3 is 0 Å². The molecule has 4 aromatic rings. The predicted molar refractivity (Wildman–Crippen MR) is 104 cm³/mol. The van der Waals surface area contributed by atoms with Crippen molar-refractivity contribution in [3.63, 3.8) is 0 Å². The van der Waals surface area contributed by atoms with Gasteiger partial charge in [0.15, 0.2) is 0 Å². The zero-order valence-electron chi connectivity index (χ0n) is 12.7. The normalized spacial score (nSPS) is 11.8. The molecule has 0 atom stereocenters. The van der Waals surface area contributed by atoms with E-state index in [4.69, 9.17) is 23.2 Å². The Morgan fingerprint density at radius 1 is 0.500 bits per heavy atom. The third-order valence-corrected chi connectivity index (χ3v) is 5.30. The molecule has 0 unspecified atom stereocenters. The topological polar surface area (TPSA) is 0 Å². The van der Waals surface area contributed by atoms with E-state index in [1.54, 1.807) is 0 Å². The van der Waals surface area contributed by atoms with Crippen LogP contribution in [0.3, 0.4) is 0 Å². The molecule has 1 aliphatic carbocycles. The Bertz CT molecular complexity index is 1130. The minimum atomic E-state index is 0.706. The molecule has 0 saturated heterocycles. The minimum absolute atomic E-state index is 0.706. The molecule has 0 amide bonds. The third-order valence-electron chi connectivity index (χ3n) is 4.75. The van der Waals surface area contributed by atoms with Gasteiger partial charge in [-0.2, -0.15) is 0 Å². The highest BCUT2D eigenvalue weighted by atomic mass is 35.5. The van der Waals surface area contributed by atoms with Crippen molar-refractivity contribution in [3.05, 3.63) is 82.8 Å². The molecule has 0 radical (unpaired) electrons. The fraction of sp³-hybridized carbons (Fsp3) is 0. The Morgan fingerprint density at radius 2 is 1.04 bits per heavy atom. The highest BCUT2D eigenvalue weighted by Gasteiger charge is 2.22. The molecular formula is C22H12Cl2. The van der Waals surface area contributed by atoms with Gasteiger partial charge in [-0.25, -0.2) is 0 Å². The Kier molecular flexibility index (Phi) is 3.00. The van der Waals surface area contributed by atoms with E-state index in [9.17, 15) is 0 Å². The number of benzene rings is 4. The van der Waals surface area contributed by atoms with E-state index < -0.39 is 0 Å². The lowest BCUT2D eigenvalue weighted by atomic mass is 9.94. The Morgan fingerprint density at radius 3 is 1.67 bits per heavy atom. The van der Waals surface area contributed by atoms with Crippen LogP contribution >= 0.6 is 23.2 Å². The van der Waals surface area contributed by atoms with Crippen LogP contribution in [0.25, 0.3) is 44.2 Å². The van der Waals surface area contributed by atoms with E-state index >= 15 is 0 Å². The standard InChI is InChI=1S/C22H12Cl2/c23-13-11-19-17-8-4-2-6-15(17)14-5-1-3-7-16(14)18-9-10-21(24)20(12-13)22(18)19/h1-12H. The lowest BCUT2D eigenvalue weighted by Gasteiger charge is -2.12. The molecule has 0 N–H and O–H groups in total. The van der Waals surface area contributed by atoms with E-state index in [0.717, 1.165) is 16.0 Å². The van der Waals surface area contributed by atoms with Gasteiger partial charge in [0.2, 0.25) is 0 Å². The van der Waals surface area contributed by atoms with Crippen LogP contribution in [0.4, 0.5) is 0 Å². The summed E-state index contributed by atoms with van der Waals surface area (Å²) in [4.78, 5) is 0. The summed E-state index contributed by atoms with van der Waals surface area (Å²) in [5.74, 6) is 0. The highest BCUT2D eigenvalue weighted by Crippen LogP contribution is 2.49. The third kappa shape index (κ3) is 1.87. The van der Waals surface area contributed by atoms with Crippen molar-refractivity contribution >= 4 is 34.0 Å². The summed E-state index contributed by atoms with van der Waals surface area (Å²) in [6.07, 6.45) is 0. The van der Waals surface area contributed by atoms with Crippen molar-refractivity contribution < 1.29 is 0 Å². The van der Waals surface area contributed by atoms with Crippen molar-refractivity contribution in [1.82, 2.24) is 0 Å². The van der Waals surface area contributed by atoms with Crippen LogP contribution in [0.5, 0.6) is 0 Å². The first-order valence-electron chi connectivity index (χ1n) is 7.85. The fourth-order valence-corrected chi connectivity index (χ4v) is 4.19.